The second kappa shape index (κ2) is 6.63. The lowest BCUT2D eigenvalue weighted by Gasteiger charge is -2.11. The highest BCUT2D eigenvalue weighted by atomic mass is 32.2. The van der Waals surface area contributed by atoms with Crippen LogP contribution in [-0.2, 0) is 6.54 Å². The van der Waals surface area contributed by atoms with Crippen molar-refractivity contribution in [1.82, 2.24) is 5.32 Å². The largest absolute Gasteiger partial charge is 0.361 e. The van der Waals surface area contributed by atoms with Gasteiger partial charge >= 0.3 is 0 Å². The van der Waals surface area contributed by atoms with E-state index in [9.17, 15) is 0 Å². The molecule has 0 saturated heterocycles. The SMILES string of the molecule is CC(C)CC1CN=C(NCc2ccc(C#N)cc2)S1. The van der Waals surface area contributed by atoms with Crippen LogP contribution in [-0.4, -0.2) is 17.0 Å². The van der Waals surface area contributed by atoms with Gasteiger partial charge in [0.25, 0.3) is 0 Å². The van der Waals surface area contributed by atoms with Crippen LogP contribution in [0, 0.1) is 17.2 Å². The van der Waals surface area contributed by atoms with Crippen molar-refractivity contribution in [3.8, 4) is 6.07 Å². The lowest BCUT2D eigenvalue weighted by atomic mass is 10.1. The molecule has 0 aromatic heterocycles. The quantitative estimate of drug-likeness (QED) is 0.916. The van der Waals surface area contributed by atoms with E-state index in [0.717, 1.165) is 24.2 Å². The third-order valence-corrected chi connectivity index (χ3v) is 4.15. The number of nitrogens with one attached hydrogen (secondary N) is 1. The van der Waals surface area contributed by atoms with Gasteiger partial charge in [-0.15, -0.1) is 0 Å². The summed E-state index contributed by atoms with van der Waals surface area (Å²) in [5.41, 5.74) is 1.88. The maximum Gasteiger partial charge on any atom is 0.157 e. The first-order chi connectivity index (χ1) is 9.17. The highest BCUT2D eigenvalue weighted by Crippen LogP contribution is 2.25. The van der Waals surface area contributed by atoms with Gasteiger partial charge in [-0.3, -0.25) is 4.99 Å². The molecule has 1 aromatic rings. The Balaban J connectivity index is 1.78. The Morgan fingerprint density at radius 1 is 1.42 bits per heavy atom. The summed E-state index contributed by atoms with van der Waals surface area (Å²) in [6, 6.07) is 9.79. The molecule has 1 heterocycles. The van der Waals surface area contributed by atoms with Gasteiger partial charge in [0.15, 0.2) is 5.17 Å². The highest BCUT2D eigenvalue weighted by molar-refractivity contribution is 8.14. The number of rotatable bonds is 4. The van der Waals surface area contributed by atoms with Gasteiger partial charge in [-0.05, 0) is 30.0 Å². The molecule has 0 amide bonds. The summed E-state index contributed by atoms with van der Waals surface area (Å²) >= 11 is 1.85. The van der Waals surface area contributed by atoms with Crippen molar-refractivity contribution in [3.63, 3.8) is 0 Å². The van der Waals surface area contributed by atoms with Gasteiger partial charge in [0.1, 0.15) is 0 Å². The predicted octanol–water partition coefficient (Wildman–Crippen LogP) is 3.17. The van der Waals surface area contributed by atoms with Crippen LogP contribution >= 0.6 is 11.8 Å². The van der Waals surface area contributed by atoms with Crippen molar-refractivity contribution in [2.75, 3.05) is 6.54 Å². The summed E-state index contributed by atoms with van der Waals surface area (Å²) in [4.78, 5) is 4.54. The van der Waals surface area contributed by atoms with Gasteiger partial charge in [-0.25, -0.2) is 0 Å². The molecule has 1 atom stereocenters. The summed E-state index contributed by atoms with van der Waals surface area (Å²) in [7, 11) is 0. The molecule has 1 aromatic carbocycles. The molecule has 0 bridgehead atoms. The zero-order valence-electron chi connectivity index (χ0n) is 11.4. The van der Waals surface area contributed by atoms with Crippen LogP contribution in [0.4, 0.5) is 0 Å². The smallest absolute Gasteiger partial charge is 0.157 e. The Labute approximate surface area is 119 Å². The number of hydrogen-bond donors (Lipinski definition) is 1. The first kappa shape index (κ1) is 14.0. The lowest BCUT2D eigenvalue weighted by Crippen LogP contribution is -2.19. The molecule has 3 nitrogen and oxygen atoms in total. The molecule has 1 aliphatic heterocycles. The van der Waals surface area contributed by atoms with Crippen molar-refractivity contribution in [3.05, 3.63) is 35.4 Å². The zero-order valence-corrected chi connectivity index (χ0v) is 12.2. The first-order valence-corrected chi connectivity index (χ1v) is 7.49. The average Bonchev–Trinajstić information content (AvgIpc) is 2.84. The van der Waals surface area contributed by atoms with Gasteiger partial charge in [0.05, 0.1) is 18.2 Å². The van der Waals surface area contributed by atoms with Crippen molar-refractivity contribution in [2.24, 2.45) is 10.9 Å². The van der Waals surface area contributed by atoms with Crippen molar-refractivity contribution < 1.29 is 0 Å². The van der Waals surface area contributed by atoms with E-state index in [1.165, 1.54) is 12.0 Å². The van der Waals surface area contributed by atoms with E-state index in [0.29, 0.717) is 10.8 Å². The van der Waals surface area contributed by atoms with E-state index in [4.69, 9.17) is 5.26 Å². The Kier molecular flexibility index (Phi) is 4.86. The third kappa shape index (κ3) is 4.29. The summed E-state index contributed by atoms with van der Waals surface area (Å²) in [5.74, 6) is 0.727. The molecule has 0 fully saturated rings. The molecular weight excluding hydrogens is 254 g/mol. The minimum atomic E-state index is 0.628. The number of aliphatic imine (C=N–C) groups is 1. The fourth-order valence-corrected chi connectivity index (χ4v) is 3.29. The molecule has 0 saturated carbocycles. The van der Waals surface area contributed by atoms with Crippen molar-refractivity contribution >= 4 is 16.9 Å². The highest BCUT2D eigenvalue weighted by Gasteiger charge is 2.20. The van der Waals surface area contributed by atoms with Crippen LogP contribution in [0.1, 0.15) is 31.4 Å². The number of thioether (sulfide) groups is 1. The topological polar surface area (TPSA) is 48.2 Å². The molecule has 1 unspecified atom stereocenters. The minimum absolute atomic E-state index is 0.628. The van der Waals surface area contributed by atoms with Crippen LogP contribution in [0.5, 0.6) is 0 Å². The van der Waals surface area contributed by atoms with Crippen molar-refractivity contribution in [2.45, 2.75) is 32.1 Å². The van der Waals surface area contributed by atoms with Gasteiger partial charge in [0.2, 0.25) is 0 Å². The normalized spacial score (nSPS) is 18.2. The molecule has 1 aliphatic rings. The Bertz CT molecular complexity index is 485. The summed E-state index contributed by atoms with van der Waals surface area (Å²) in [6.07, 6.45) is 1.22. The number of amidine groups is 1. The van der Waals surface area contributed by atoms with Crippen molar-refractivity contribution in [1.29, 1.82) is 5.26 Å². The van der Waals surface area contributed by atoms with Crippen LogP contribution in [0.3, 0.4) is 0 Å². The maximum atomic E-state index is 8.74. The van der Waals surface area contributed by atoms with E-state index in [2.05, 4.69) is 30.2 Å². The Morgan fingerprint density at radius 2 is 2.16 bits per heavy atom. The zero-order chi connectivity index (χ0) is 13.7. The predicted molar refractivity (Wildman–Crippen MR) is 81.1 cm³/mol. The molecule has 0 radical (unpaired) electrons. The summed E-state index contributed by atoms with van der Waals surface area (Å²) < 4.78 is 0. The Morgan fingerprint density at radius 3 is 2.79 bits per heavy atom. The monoisotopic (exact) mass is 273 g/mol. The molecule has 1 N–H and O–H groups in total. The first-order valence-electron chi connectivity index (χ1n) is 6.61. The van der Waals surface area contributed by atoms with Crippen LogP contribution in [0.15, 0.2) is 29.3 Å². The summed E-state index contributed by atoms with van der Waals surface area (Å²) in [5, 5.41) is 13.8. The molecule has 19 heavy (non-hydrogen) atoms. The molecule has 2 rings (SSSR count). The fraction of sp³-hybridized carbons (Fsp3) is 0.467. The number of nitriles is 1. The fourth-order valence-electron chi connectivity index (χ4n) is 2.04. The lowest BCUT2D eigenvalue weighted by molar-refractivity contribution is 0.575. The summed E-state index contributed by atoms with van der Waals surface area (Å²) in [6.45, 7) is 6.20. The Hall–Kier alpha value is -1.47. The second-order valence-corrected chi connectivity index (χ2v) is 6.47. The number of hydrogen-bond acceptors (Lipinski definition) is 4. The van der Waals surface area contributed by atoms with Gasteiger partial charge < -0.3 is 5.32 Å². The molecule has 0 aliphatic carbocycles. The van der Waals surface area contributed by atoms with Crippen LogP contribution in [0.2, 0.25) is 0 Å². The van der Waals surface area contributed by atoms with E-state index in [-0.39, 0.29) is 0 Å². The standard InChI is InChI=1S/C15H19N3S/c1-11(2)7-14-10-18-15(19-14)17-9-13-5-3-12(8-16)4-6-13/h3-6,11,14H,7,9-10H2,1-2H3,(H,17,18). The number of benzene rings is 1. The average molecular weight is 273 g/mol. The van der Waals surface area contributed by atoms with Gasteiger partial charge in [-0.1, -0.05) is 37.7 Å². The molecule has 0 spiro atoms. The van der Waals surface area contributed by atoms with Crippen LogP contribution in [0.25, 0.3) is 0 Å². The van der Waals surface area contributed by atoms with Gasteiger partial charge in [0, 0.05) is 11.8 Å². The maximum absolute atomic E-state index is 8.74. The van der Waals surface area contributed by atoms with Crippen LogP contribution < -0.4 is 5.32 Å². The molecule has 4 heteroatoms. The third-order valence-electron chi connectivity index (χ3n) is 2.98. The van der Waals surface area contributed by atoms with Gasteiger partial charge in [-0.2, -0.15) is 5.26 Å². The van der Waals surface area contributed by atoms with E-state index in [1.54, 1.807) is 0 Å². The minimum Gasteiger partial charge on any atom is -0.361 e. The van der Waals surface area contributed by atoms with E-state index in [1.807, 2.05) is 36.0 Å². The van der Waals surface area contributed by atoms with E-state index >= 15 is 0 Å². The molecular formula is C15H19N3S. The second-order valence-electron chi connectivity index (χ2n) is 5.18. The molecule has 100 valence electrons. The number of nitrogens with zero attached hydrogens (tertiary/aromatic N) is 2. The van der Waals surface area contributed by atoms with E-state index < -0.39 is 0 Å².